The van der Waals surface area contributed by atoms with Gasteiger partial charge in [0.15, 0.2) is 9.84 Å². The van der Waals surface area contributed by atoms with E-state index < -0.39 is 9.84 Å². The minimum absolute atomic E-state index is 0.0653. The number of hydrogen-bond donors (Lipinski definition) is 1. The summed E-state index contributed by atoms with van der Waals surface area (Å²) in [6, 6.07) is 11.0. The highest BCUT2D eigenvalue weighted by atomic mass is 32.2. The second kappa shape index (κ2) is 6.84. The Morgan fingerprint density at radius 2 is 2.08 bits per heavy atom. The molecule has 2 heterocycles. The third-order valence-electron chi connectivity index (χ3n) is 4.40. The second-order valence-electron chi connectivity index (χ2n) is 6.40. The SMILES string of the molecule is Cc1cccc(NC(=O)c2ccc(N(C)C3CCS(=O)(=O)C3)nc2)c1. The van der Waals surface area contributed by atoms with Gasteiger partial charge in [0.25, 0.3) is 5.91 Å². The van der Waals surface area contributed by atoms with Gasteiger partial charge in [-0.1, -0.05) is 12.1 Å². The molecule has 1 aromatic heterocycles. The van der Waals surface area contributed by atoms with Crippen LogP contribution in [0.25, 0.3) is 0 Å². The summed E-state index contributed by atoms with van der Waals surface area (Å²) in [5.74, 6) is 0.810. The fourth-order valence-electron chi connectivity index (χ4n) is 2.92. The Bertz CT molecular complexity index is 879. The molecular formula is C18H21N3O3S. The summed E-state index contributed by atoms with van der Waals surface area (Å²) in [5.41, 5.74) is 2.26. The van der Waals surface area contributed by atoms with E-state index in [0.717, 1.165) is 11.3 Å². The molecule has 1 unspecified atom stereocenters. The van der Waals surface area contributed by atoms with E-state index in [1.165, 1.54) is 6.20 Å². The van der Waals surface area contributed by atoms with Gasteiger partial charge in [-0.15, -0.1) is 0 Å². The molecule has 0 aliphatic carbocycles. The van der Waals surface area contributed by atoms with Crippen molar-refractivity contribution < 1.29 is 13.2 Å². The lowest BCUT2D eigenvalue weighted by atomic mass is 10.2. The molecule has 25 heavy (non-hydrogen) atoms. The second-order valence-corrected chi connectivity index (χ2v) is 8.63. The van der Waals surface area contributed by atoms with Crippen molar-refractivity contribution in [2.24, 2.45) is 0 Å². The largest absolute Gasteiger partial charge is 0.356 e. The van der Waals surface area contributed by atoms with Gasteiger partial charge in [-0.05, 0) is 43.2 Å². The zero-order chi connectivity index (χ0) is 18.0. The Morgan fingerprint density at radius 3 is 2.68 bits per heavy atom. The smallest absolute Gasteiger partial charge is 0.257 e. The van der Waals surface area contributed by atoms with Gasteiger partial charge < -0.3 is 10.2 Å². The van der Waals surface area contributed by atoms with Crippen LogP contribution in [0.3, 0.4) is 0 Å². The fraction of sp³-hybridized carbons (Fsp3) is 0.333. The van der Waals surface area contributed by atoms with Crippen LogP contribution >= 0.6 is 0 Å². The van der Waals surface area contributed by atoms with Crippen LogP contribution in [0, 0.1) is 6.92 Å². The van der Waals surface area contributed by atoms with E-state index >= 15 is 0 Å². The number of amides is 1. The van der Waals surface area contributed by atoms with Crippen molar-refractivity contribution in [3.63, 3.8) is 0 Å². The van der Waals surface area contributed by atoms with E-state index in [2.05, 4.69) is 10.3 Å². The van der Waals surface area contributed by atoms with E-state index in [1.54, 1.807) is 12.1 Å². The first-order valence-electron chi connectivity index (χ1n) is 8.11. The van der Waals surface area contributed by atoms with Gasteiger partial charge in [0.1, 0.15) is 5.82 Å². The molecule has 132 valence electrons. The lowest BCUT2D eigenvalue weighted by molar-refractivity contribution is 0.102. The zero-order valence-corrected chi connectivity index (χ0v) is 15.1. The summed E-state index contributed by atoms with van der Waals surface area (Å²) in [7, 11) is -1.11. The lowest BCUT2D eigenvalue weighted by Gasteiger charge is -2.24. The van der Waals surface area contributed by atoms with E-state index in [1.807, 2.05) is 43.1 Å². The van der Waals surface area contributed by atoms with Crippen molar-refractivity contribution in [3.8, 4) is 0 Å². The number of aryl methyl sites for hydroxylation is 1. The van der Waals surface area contributed by atoms with Crippen LogP contribution in [0.1, 0.15) is 22.3 Å². The van der Waals surface area contributed by atoms with Crippen molar-refractivity contribution in [1.82, 2.24) is 4.98 Å². The van der Waals surface area contributed by atoms with E-state index in [0.29, 0.717) is 17.8 Å². The summed E-state index contributed by atoms with van der Waals surface area (Å²) < 4.78 is 23.2. The van der Waals surface area contributed by atoms with E-state index in [-0.39, 0.29) is 23.5 Å². The molecule has 3 rings (SSSR count). The molecule has 1 N–H and O–H groups in total. The molecule has 0 radical (unpaired) electrons. The number of aromatic nitrogens is 1. The van der Waals surface area contributed by atoms with Gasteiger partial charge in [-0.25, -0.2) is 13.4 Å². The Balaban J connectivity index is 1.68. The van der Waals surface area contributed by atoms with Crippen molar-refractivity contribution in [2.75, 3.05) is 28.8 Å². The number of pyridine rings is 1. The molecule has 0 saturated carbocycles. The molecular weight excluding hydrogens is 338 g/mol. The number of hydrogen-bond acceptors (Lipinski definition) is 5. The number of benzene rings is 1. The predicted molar refractivity (Wildman–Crippen MR) is 98.8 cm³/mol. The first kappa shape index (κ1) is 17.4. The molecule has 0 bridgehead atoms. The van der Waals surface area contributed by atoms with Gasteiger partial charge in [0.2, 0.25) is 0 Å². The normalized spacial score (nSPS) is 18.7. The number of sulfone groups is 1. The molecule has 0 spiro atoms. The summed E-state index contributed by atoms with van der Waals surface area (Å²) in [5, 5.41) is 2.84. The topological polar surface area (TPSA) is 79.4 Å². The number of anilines is 2. The van der Waals surface area contributed by atoms with Gasteiger partial charge in [-0.2, -0.15) is 0 Å². The highest BCUT2D eigenvalue weighted by molar-refractivity contribution is 7.91. The molecule has 1 aromatic carbocycles. The van der Waals surface area contributed by atoms with Crippen LogP contribution in [0.15, 0.2) is 42.6 Å². The number of carbonyl (C=O) groups is 1. The van der Waals surface area contributed by atoms with Crippen LogP contribution in [-0.2, 0) is 9.84 Å². The van der Waals surface area contributed by atoms with Crippen LogP contribution < -0.4 is 10.2 Å². The van der Waals surface area contributed by atoms with Crippen molar-refractivity contribution in [2.45, 2.75) is 19.4 Å². The number of carbonyl (C=O) groups excluding carboxylic acids is 1. The van der Waals surface area contributed by atoms with Gasteiger partial charge in [-0.3, -0.25) is 4.79 Å². The average Bonchev–Trinajstić information content (AvgIpc) is 2.94. The number of rotatable bonds is 4. The maximum atomic E-state index is 12.3. The van der Waals surface area contributed by atoms with Gasteiger partial charge in [0, 0.05) is 25.0 Å². The highest BCUT2D eigenvalue weighted by Gasteiger charge is 2.31. The monoisotopic (exact) mass is 359 g/mol. The average molecular weight is 359 g/mol. The van der Waals surface area contributed by atoms with E-state index in [4.69, 9.17) is 0 Å². The molecule has 1 atom stereocenters. The predicted octanol–water partition coefficient (Wildman–Crippen LogP) is 2.27. The summed E-state index contributed by atoms with van der Waals surface area (Å²) in [6.07, 6.45) is 2.12. The number of nitrogens with zero attached hydrogens (tertiary/aromatic N) is 2. The third kappa shape index (κ3) is 4.17. The van der Waals surface area contributed by atoms with Crippen LogP contribution in [-0.4, -0.2) is 43.9 Å². The molecule has 1 aliphatic heterocycles. The Kier molecular flexibility index (Phi) is 4.76. The molecule has 1 aliphatic rings. The Hall–Kier alpha value is -2.41. The molecule has 2 aromatic rings. The minimum atomic E-state index is -2.94. The minimum Gasteiger partial charge on any atom is -0.356 e. The fourth-order valence-corrected chi connectivity index (χ4v) is 4.70. The zero-order valence-electron chi connectivity index (χ0n) is 14.3. The quantitative estimate of drug-likeness (QED) is 0.906. The first-order valence-corrected chi connectivity index (χ1v) is 9.93. The number of nitrogens with one attached hydrogen (secondary N) is 1. The Morgan fingerprint density at radius 1 is 1.28 bits per heavy atom. The molecule has 1 amide bonds. The van der Waals surface area contributed by atoms with Gasteiger partial charge >= 0.3 is 0 Å². The lowest BCUT2D eigenvalue weighted by Crippen LogP contribution is -2.33. The van der Waals surface area contributed by atoms with E-state index in [9.17, 15) is 13.2 Å². The summed E-state index contributed by atoms with van der Waals surface area (Å²) in [4.78, 5) is 18.5. The van der Waals surface area contributed by atoms with Crippen molar-refractivity contribution >= 4 is 27.2 Å². The third-order valence-corrected chi connectivity index (χ3v) is 6.15. The van der Waals surface area contributed by atoms with Gasteiger partial charge in [0.05, 0.1) is 17.1 Å². The summed E-state index contributed by atoms with van der Waals surface area (Å²) >= 11 is 0. The highest BCUT2D eigenvalue weighted by Crippen LogP contribution is 2.21. The first-order chi connectivity index (χ1) is 11.8. The molecule has 1 fully saturated rings. The maximum Gasteiger partial charge on any atom is 0.257 e. The molecule has 6 nitrogen and oxygen atoms in total. The summed E-state index contributed by atoms with van der Waals surface area (Å²) in [6.45, 7) is 1.96. The van der Waals surface area contributed by atoms with Crippen molar-refractivity contribution in [3.05, 3.63) is 53.7 Å². The Labute approximate surface area is 147 Å². The maximum absolute atomic E-state index is 12.3. The molecule has 1 saturated heterocycles. The standard InChI is InChI=1S/C18H21N3O3S/c1-13-4-3-5-15(10-13)20-18(22)14-6-7-17(19-11-14)21(2)16-8-9-25(23,24)12-16/h3-7,10-11,16H,8-9,12H2,1-2H3,(H,20,22). The van der Waals surface area contributed by atoms with Crippen LogP contribution in [0.4, 0.5) is 11.5 Å². The van der Waals surface area contributed by atoms with Crippen molar-refractivity contribution in [1.29, 1.82) is 0 Å². The molecule has 7 heteroatoms. The van der Waals surface area contributed by atoms with Crippen LogP contribution in [0.5, 0.6) is 0 Å². The van der Waals surface area contributed by atoms with Crippen LogP contribution in [0.2, 0.25) is 0 Å².